The van der Waals surface area contributed by atoms with Crippen LogP contribution in [0.1, 0.15) is 12.5 Å². The smallest absolute Gasteiger partial charge is 0.234 e. The lowest BCUT2D eigenvalue weighted by molar-refractivity contribution is -0.113. The van der Waals surface area contributed by atoms with Gasteiger partial charge in [0.25, 0.3) is 0 Å². The lowest BCUT2D eigenvalue weighted by Gasteiger charge is -2.12. The molecule has 0 atom stereocenters. The third-order valence-corrected chi connectivity index (χ3v) is 5.79. The minimum absolute atomic E-state index is 0.141. The molecular formula is C22H22N2O5S. The molecule has 0 radical (unpaired) electrons. The first kappa shape index (κ1) is 20.2. The zero-order valence-corrected chi connectivity index (χ0v) is 17.8. The van der Waals surface area contributed by atoms with Gasteiger partial charge in [0, 0.05) is 17.5 Å². The van der Waals surface area contributed by atoms with Crippen LogP contribution >= 0.6 is 11.8 Å². The van der Waals surface area contributed by atoms with E-state index < -0.39 is 0 Å². The van der Waals surface area contributed by atoms with Gasteiger partial charge in [-0.25, -0.2) is 4.98 Å². The number of nitrogens with zero attached hydrogens (tertiary/aromatic N) is 1. The third kappa shape index (κ3) is 4.09. The molecule has 1 aliphatic heterocycles. The van der Waals surface area contributed by atoms with Crippen molar-refractivity contribution >= 4 is 34.3 Å². The molecular weight excluding hydrogens is 404 g/mol. The maximum Gasteiger partial charge on any atom is 0.234 e. The number of thioether (sulfide) groups is 1. The van der Waals surface area contributed by atoms with Crippen LogP contribution in [0, 0.1) is 0 Å². The van der Waals surface area contributed by atoms with Crippen molar-refractivity contribution in [2.45, 2.75) is 18.4 Å². The number of amides is 1. The van der Waals surface area contributed by atoms with Crippen LogP contribution in [-0.4, -0.2) is 37.7 Å². The number of benzene rings is 2. The summed E-state index contributed by atoms with van der Waals surface area (Å²) in [6, 6.07) is 11.2. The maximum atomic E-state index is 12.5. The van der Waals surface area contributed by atoms with Crippen LogP contribution in [0.25, 0.3) is 10.9 Å². The normalized spacial score (nSPS) is 12.1. The molecule has 0 fully saturated rings. The average molecular weight is 426 g/mol. The number of aromatic nitrogens is 1. The van der Waals surface area contributed by atoms with Gasteiger partial charge in [-0.1, -0.05) is 18.7 Å². The number of pyridine rings is 1. The second-order valence-electron chi connectivity index (χ2n) is 6.61. The van der Waals surface area contributed by atoms with Gasteiger partial charge in [-0.2, -0.15) is 0 Å². The van der Waals surface area contributed by atoms with Crippen molar-refractivity contribution in [2.24, 2.45) is 0 Å². The Bertz CT molecular complexity index is 1100. The Morgan fingerprint density at radius 3 is 2.67 bits per heavy atom. The van der Waals surface area contributed by atoms with E-state index in [1.807, 2.05) is 12.1 Å². The van der Waals surface area contributed by atoms with E-state index in [9.17, 15) is 4.79 Å². The maximum absolute atomic E-state index is 12.5. The van der Waals surface area contributed by atoms with E-state index in [-0.39, 0.29) is 18.5 Å². The summed E-state index contributed by atoms with van der Waals surface area (Å²) < 4.78 is 21.4. The Kier molecular flexibility index (Phi) is 5.85. The molecule has 30 heavy (non-hydrogen) atoms. The van der Waals surface area contributed by atoms with Gasteiger partial charge in [0.1, 0.15) is 16.5 Å². The van der Waals surface area contributed by atoms with E-state index in [4.69, 9.17) is 23.9 Å². The number of carbonyl (C=O) groups excluding carboxylic acids is 1. The van der Waals surface area contributed by atoms with Gasteiger partial charge in [-0.3, -0.25) is 4.79 Å². The molecule has 8 heteroatoms. The van der Waals surface area contributed by atoms with Crippen molar-refractivity contribution in [2.75, 3.05) is 32.1 Å². The van der Waals surface area contributed by atoms with Gasteiger partial charge in [0.2, 0.25) is 12.7 Å². The summed E-state index contributed by atoms with van der Waals surface area (Å²) in [6.45, 7) is 2.30. The molecule has 0 saturated carbocycles. The van der Waals surface area contributed by atoms with Crippen molar-refractivity contribution < 1.29 is 23.7 Å². The largest absolute Gasteiger partial charge is 0.497 e. The Balaban J connectivity index is 1.50. The molecule has 1 N–H and O–H groups in total. The SMILES string of the molecule is CCc1cc2cc3c(cc2nc1SCC(=O)Nc1ccc(OC)cc1OC)OCO3. The molecule has 0 unspecified atom stereocenters. The zero-order valence-electron chi connectivity index (χ0n) is 17.0. The van der Waals surface area contributed by atoms with E-state index in [1.54, 1.807) is 32.4 Å². The van der Waals surface area contributed by atoms with Gasteiger partial charge in [0.15, 0.2) is 11.5 Å². The molecule has 3 aromatic rings. The number of methoxy groups -OCH3 is 2. The van der Waals surface area contributed by atoms with Gasteiger partial charge in [-0.15, -0.1) is 0 Å². The number of hydrogen-bond acceptors (Lipinski definition) is 7. The minimum atomic E-state index is -0.141. The lowest BCUT2D eigenvalue weighted by Crippen LogP contribution is -2.15. The Labute approximate surface area is 178 Å². The summed E-state index contributed by atoms with van der Waals surface area (Å²) in [4.78, 5) is 17.3. The standard InChI is InChI=1S/C22H22N2O5S/c1-4-13-7-14-8-19-20(29-12-28-19)10-17(14)24-22(13)30-11-21(25)23-16-6-5-15(26-2)9-18(16)27-3/h5-10H,4,11-12H2,1-3H3,(H,23,25). The summed E-state index contributed by atoms with van der Waals surface area (Å²) in [6.07, 6.45) is 0.813. The van der Waals surface area contributed by atoms with Crippen LogP contribution in [0.4, 0.5) is 5.69 Å². The van der Waals surface area contributed by atoms with Crippen LogP contribution in [0.15, 0.2) is 41.4 Å². The summed E-state index contributed by atoms with van der Waals surface area (Å²) in [7, 11) is 3.14. The molecule has 0 spiro atoms. The molecule has 2 aromatic carbocycles. The number of ether oxygens (including phenoxy) is 4. The first-order chi connectivity index (χ1) is 14.6. The minimum Gasteiger partial charge on any atom is -0.497 e. The predicted molar refractivity (Wildman–Crippen MR) is 116 cm³/mol. The monoisotopic (exact) mass is 426 g/mol. The first-order valence-electron chi connectivity index (χ1n) is 9.49. The highest BCUT2D eigenvalue weighted by Crippen LogP contribution is 2.37. The molecule has 4 rings (SSSR count). The third-order valence-electron chi connectivity index (χ3n) is 4.75. The summed E-state index contributed by atoms with van der Waals surface area (Å²) >= 11 is 1.41. The summed E-state index contributed by atoms with van der Waals surface area (Å²) in [5.41, 5.74) is 2.50. The quantitative estimate of drug-likeness (QED) is 0.565. The Morgan fingerprint density at radius 2 is 1.93 bits per heavy atom. The molecule has 7 nitrogen and oxygen atoms in total. The number of rotatable bonds is 7. The molecule has 0 bridgehead atoms. The number of nitrogens with one attached hydrogen (secondary N) is 1. The number of aryl methyl sites for hydroxylation is 1. The van der Waals surface area contributed by atoms with Crippen LogP contribution in [-0.2, 0) is 11.2 Å². The fourth-order valence-corrected chi connectivity index (χ4v) is 4.08. The van der Waals surface area contributed by atoms with Crippen molar-refractivity contribution in [1.82, 2.24) is 4.98 Å². The zero-order chi connectivity index (χ0) is 21.1. The van der Waals surface area contributed by atoms with E-state index in [0.29, 0.717) is 22.9 Å². The van der Waals surface area contributed by atoms with E-state index in [2.05, 4.69) is 18.3 Å². The first-order valence-corrected chi connectivity index (χ1v) is 10.5. The molecule has 1 amide bonds. The van der Waals surface area contributed by atoms with Crippen molar-refractivity contribution in [3.8, 4) is 23.0 Å². The molecule has 1 aliphatic rings. The highest BCUT2D eigenvalue weighted by molar-refractivity contribution is 8.00. The van der Waals surface area contributed by atoms with E-state index in [1.165, 1.54) is 11.8 Å². The molecule has 2 heterocycles. The van der Waals surface area contributed by atoms with E-state index >= 15 is 0 Å². The highest BCUT2D eigenvalue weighted by atomic mass is 32.2. The Hall–Kier alpha value is -3.13. The van der Waals surface area contributed by atoms with Gasteiger partial charge in [-0.05, 0) is 36.2 Å². The van der Waals surface area contributed by atoms with Crippen LogP contribution < -0.4 is 24.3 Å². The Morgan fingerprint density at radius 1 is 1.13 bits per heavy atom. The van der Waals surface area contributed by atoms with E-state index in [0.717, 1.165) is 33.7 Å². The van der Waals surface area contributed by atoms with Gasteiger partial charge < -0.3 is 24.3 Å². The number of carbonyl (C=O) groups is 1. The number of hydrogen-bond donors (Lipinski definition) is 1. The average Bonchev–Trinajstić information content (AvgIpc) is 3.22. The lowest BCUT2D eigenvalue weighted by atomic mass is 10.1. The molecule has 0 saturated heterocycles. The van der Waals surface area contributed by atoms with Gasteiger partial charge >= 0.3 is 0 Å². The van der Waals surface area contributed by atoms with Crippen LogP contribution in [0.5, 0.6) is 23.0 Å². The summed E-state index contributed by atoms with van der Waals surface area (Å²) in [5.74, 6) is 2.72. The second kappa shape index (κ2) is 8.71. The predicted octanol–water partition coefficient (Wildman–Crippen LogP) is 4.27. The summed E-state index contributed by atoms with van der Waals surface area (Å²) in [5, 5.41) is 4.71. The van der Waals surface area contributed by atoms with Crippen molar-refractivity contribution in [3.05, 3.63) is 42.0 Å². The van der Waals surface area contributed by atoms with Gasteiger partial charge in [0.05, 0.1) is 31.2 Å². The van der Waals surface area contributed by atoms with Crippen LogP contribution in [0.3, 0.4) is 0 Å². The van der Waals surface area contributed by atoms with Crippen molar-refractivity contribution in [1.29, 1.82) is 0 Å². The van der Waals surface area contributed by atoms with Crippen molar-refractivity contribution in [3.63, 3.8) is 0 Å². The molecule has 156 valence electrons. The number of anilines is 1. The second-order valence-corrected chi connectivity index (χ2v) is 7.57. The number of fused-ring (bicyclic) bond motifs is 2. The fraction of sp³-hybridized carbons (Fsp3) is 0.273. The molecule has 0 aliphatic carbocycles. The highest BCUT2D eigenvalue weighted by Gasteiger charge is 2.17. The van der Waals surface area contributed by atoms with Crippen LogP contribution in [0.2, 0.25) is 0 Å². The fourth-order valence-electron chi connectivity index (χ4n) is 3.19. The topological polar surface area (TPSA) is 78.9 Å². The molecule has 1 aromatic heterocycles.